The topological polar surface area (TPSA) is 162 Å². The Morgan fingerprint density at radius 2 is 0.591 bits per heavy atom. The molecular formula is C96H58BN13. The van der Waals surface area contributed by atoms with Crippen molar-refractivity contribution in [2.45, 2.75) is 0 Å². The molecular weight excluding hydrogens is 1350 g/mol. The lowest BCUT2D eigenvalue weighted by atomic mass is 9.33. The van der Waals surface area contributed by atoms with Gasteiger partial charge in [-0.3, -0.25) is 0 Å². The van der Waals surface area contributed by atoms with Gasteiger partial charge in [0.15, 0.2) is 40.8 Å². The molecule has 0 N–H and O–H groups in total. The molecule has 2 aliphatic heterocycles. The number of rotatable bonds is 13. The molecule has 110 heavy (non-hydrogen) atoms. The van der Waals surface area contributed by atoms with Gasteiger partial charge < -0.3 is 14.4 Å². The van der Waals surface area contributed by atoms with Crippen molar-refractivity contribution in [3.8, 4) is 131 Å². The Morgan fingerprint density at radius 3 is 1.01 bits per heavy atom. The Bertz CT molecular complexity index is 6430. The van der Waals surface area contributed by atoms with Gasteiger partial charge in [0.05, 0.1) is 51.4 Å². The lowest BCUT2D eigenvalue weighted by Gasteiger charge is -2.44. The van der Waals surface area contributed by atoms with Gasteiger partial charge in [-0.1, -0.05) is 237 Å². The molecule has 0 spiro atoms. The van der Waals surface area contributed by atoms with Crippen molar-refractivity contribution in [3.63, 3.8) is 0 Å². The first-order chi connectivity index (χ1) is 54.4. The third kappa shape index (κ3) is 11.4. The highest BCUT2D eigenvalue weighted by Crippen LogP contribution is 2.48. The third-order valence-corrected chi connectivity index (χ3v) is 20.7. The normalized spacial score (nSPS) is 11.9. The van der Waals surface area contributed by atoms with E-state index < -0.39 is 0 Å². The van der Waals surface area contributed by atoms with Crippen molar-refractivity contribution in [1.82, 2.24) is 44.4 Å². The second kappa shape index (κ2) is 27.0. The average molecular weight is 1400 g/mol. The number of aromatic nitrogens is 9. The van der Waals surface area contributed by atoms with Crippen LogP contribution < -0.4 is 26.2 Å². The summed E-state index contributed by atoms with van der Waals surface area (Å²) in [5, 5.41) is 23.2. The van der Waals surface area contributed by atoms with Crippen LogP contribution in [-0.4, -0.2) is 51.2 Å². The van der Waals surface area contributed by atoms with Crippen molar-refractivity contribution >= 4 is 79.0 Å². The largest absolute Gasteiger partial charge is 0.311 e. The molecule has 20 rings (SSSR count). The lowest BCUT2D eigenvalue weighted by molar-refractivity contribution is 1.06. The van der Waals surface area contributed by atoms with Crippen molar-refractivity contribution in [1.29, 1.82) is 10.5 Å². The zero-order chi connectivity index (χ0) is 73.2. The highest BCUT2D eigenvalue weighted by molar-refractivity contribution is 7.00. The first-order valence-electron chi connectivity index (χ1n) is 36.4. The van der Waals surface area contributed by atoms with Gasteiger partial charge in [-0.05, 0) is 143 Å². The molecule has 6 heterocycles. The molecule has 0 saturated carbocycles. The molecule has 0 aliphatic carbocycles. The van der Waals surface area contributed by atoms with Crippen LogP contribution in [0.25, 0.3) is 141 Å². The van der Waals surface area contributed by atoms with Crippen LogP contribution in [0.5, 0.6) is 0 Å². The fraction of sp³-hybridized carbons (Fsp3) is 0. The summed E-state index contributed by atoms with van der Waals surface area (Å²) < 4.78 is 2.32. The van der Waals surface area contributed by atoms with Gasteiger partial charge >= 0.3 is 0 Å². The Kier molecular flexibility index (Phi) is 15.7. The molecule has 0 atom stereocenters. The van der Waals surface area contributed by atoms with Gasteiger partial charge in [-0.15, -0.1) is 0 Å². The van der Waals surface area contributed by atoms with Gasteiger partial charge in [-0.25, -0.2) is 39.9 Å². The maximum atomic E-state index is 10.7. The van der Waals surface area contributed by atoms with Crippen LogP contribution >= 0.6 is 0 Å². The van der Waals surface area contributed by atoms with E-state index in [1.807, 2.05) is 194 Å². The fourth-order valence-corrected chi connectivity index (χ4v) is 15.6. The van der Waals surface area contributed by atoms with Crippen molar-refractivity contribution in [2.24, 2.45) is 0 Å². The molecule has 0 radical (unpaired) electrons. The minimum Gasteiger partial charge on any atom is -0.311 e. The zero-order valence-corrected chi connectivity index (χ0v) is 58.9. The summed E-state index contributed by atoms with van der Waals surface area (Å²) >= 11 is 0. The molecule has 14 heteroatoms. The quantitative estimate of drug-likeness (QED) is 0.101. The highest BCUT2D eigenvalue weighted by atomic mass is 15.2. The van der Waals surface area contributed by atoms with Crippen LogP contribution in [0.1, 0.15) is 11.1 Å². The molecule has 0 fully saturated rings. The number of hydrogen-bond donors (Lipinski definition) is 0. The minimum absolute atomic E-state index is 0.277. The Labute approximate surface area is 634 Å². The number of para-hydroxylation sites is 2. The first kappa shape index (κ1) is 64.2. The molecule has 14 aromatic carbocycles. The summed E-state index contributed by atoms with van der Waals surface area (Å²) in [5.74, 6) is 3.57. The number of benzene rings is 14. The van der Waals surface area contributed by atoms with Gasteiger partial charge in [-0.2, -0.15) is 10.5 Å². The fourth-order valence-electron chi connectivity index (χ4n) is 15.6. The maximum Gasteiger partial charge on any atom is 0.252 e. The molecule has 18 aromatic rings. The lowest BCUT2D eigenvalue weighted by Crippen LogP contribution is -2.61. The average Bonchev–Trinajstić information content (AvgIpc) is 0.785. The summed E-state index contributed by atoms with van der Waals surface area (Å²) in [6.07, 6.45) is 0. The van der Waals surface area contributed by atoms with Gasteiger partial charge in [0.1, 0.15) is 0 Å². The van der Waals surface area contributed by atoms with E-state index in [4.69, 9.17) is 39.9 Å². The van der Waals surface area contributed by atoms with E-state index in [0.717, 1.165) is 145 Å². The van der Waals surface area contributed by atoms with Gasteiger partial charge in [0.2, 0.25) is 0 Å². The molecule has 13 nitrogen and oxygen atoms in total. The number of nitriles is 2. The molecule has 2 aliphatic rings. The summed E-state index contributed by atoms with van der Waals surface area (Å²) in [6, 6.07) is 125. The Balaban J connectivity index is 0.872. The summed E-state index contributed by atoms with van der Waals surface area (Å²) in [5.41, 5.74) is 23.3. The van der Waals surface area contributed by atoms with Crippen LogP contribution in [0.3, 0.4) is 0 Å². The van der Waals surface area contributed by atoms with Crippen molar-refractivity contribution < 1.29 is 0 Å². The summed E-state index contributed by atoms with van der Waals surface area (Å²) in [6.45, 7) is -0.277. The maximum absolute atomic E-state index is 10.7. The molecule has 4 aromatic heterocycles. The van der Waals surface area contributed by atoms with Crippen LogP contribution in [0.4, 0.5) is 34.1 Å². The van der Waals surface area contributed by atoms with E-state index in [-0.39, 0.29) is 6.71 Å². The molecule has 0 bridgehead atoms. The monoisotopic (exact) mass is 1400 g/mol. The predicted octanol–water partition coefficient (Wildman–Crippen LogP) is 20.4. The van der Waals surface area contributed by atoms with E-state index >= 15 is 0 Å². The summed E-state index contributed by atoms with van der Waals surface area (Å²) in [4.78, 5) is 47.4. The van der Waals surface area contributed by atoms with Crippen LogP contribution in [-0.2, 0) is 0 Å². The Morgan fingerprint density at radius 1 is 0.245 bits per heavy atom. The zero-order valence-electron chi connectivity index (χ0n) is 58.9. The second-order valence-corrected chi connectivity index (χ2v) is 27.3. The number of nitrogens with zero attached hydrogens (tertiary/aromatic N) is 13. The third-order valence-electron chi connectivity index (χ3n) is 20.7. The first-order valence-corrected chi connectivity index (χ1v) is 36.4. The van der Waals surface area contributed by atoms with E-state index in [1.54, 1.807) is 0 Å². The standard InChI is InChI=1S/C96H58BN13/c98-59-61-41-46-78-85(51-61)108(73-37-21-7-22-38-73)87-56-72(57-88-89(87)97(78)79-47-42-62(60-99)52-86(79)109(88)74-39-23-8-24-40-74)69-43-48-82-75(53-69)76-54-70(95-104-90(65-29-13-3-14-30-65)102-91(105-95)66-31-15-4-16-32-66)44-49-83(76)110(82)84-50-45-71(94-100-80(63-25-9-1-10-26-63)58-81(101-94)64-27-11-2-12-28-64)55-77(84)96-106-92(67-33-17-5-18-34-67)103-93(107-96)68-35-19-6-20-36-68/h1-58H. The van der Waals surface area contributed by atoms with Crippen LogP contribution in [0.15, 0.2) is 352 Å². The van der Waals surface area contributed by atoms with E-state index in [0.29, 0.717) is 57.5 Å². The van der Waals surface area contributed by atoms with Crippen LogP contribution in [0.2, 0.25) is 0 Å². The molecule has 0 amide bonds. The van der Waals surface area contributed by atoms with E-state index in [1.165, 1.54) is 0 Å². The number of anilines is 6. The van der Waals surface area contributed by atoms with Crippen LogP contribution in [0, 0.1) is 22.7 Å². The number of fused-ring (bicyclic) bond motifs is 7. The second-order valence-electron chi connectivity index (χ2n) is 27.3. The molecule has 0 saturated heterocycles. The molecule has 510 valence electrons. The van der Waals surface area contributed by atoms with Gasteiger partial charge in [0.25, 0.3) is 6.71 Å². The SMILES string of the molecule is N#Cc1ccc2c(c1)N(c1ccccc1)c1cc(-c3ccc4c(c3)c3cc(-c5nc(-c6ccccc6)nc(-c6ccccc6)n5)ccc3n4-c3ccc(-c4nc(-c5ccccc5)cc(-c5ccccc5)n4)cc3-c3nc(-c4ccccc4)nc(-c4ccccc4)n3)cc3c1B2c1ccc(C#N)cc1N3c1ccccc1. The van der Waals surface area contributed by atoms with Crippen molar-refractivity contribution in [2.75, 3.05) is 9.80 Å². The van der Waals surface area contributed by atoms with E-state index in [9.17, 15) is 10.5 Å². The van der Waals surface area contributed by atoms with Crippen molar-refractivity contribution in [3.05, 3.63) is 363 Å². The summed E-state index contributed by atoms with van der Waals surface area (Å²) in [7, 11) is 0. The van der Waals surface area contributed by atoms with E-state index in [2.05, 4.69) is 184 Å². The molecule has 0 unspecified atom stereocenters. The number of hydrogen-bond acceptors (Lipinski definition) is 12. The minimum atomic E-state index is -0.277. The van der Waals surface area contributed by atoms with Gasteiger partial charge in [0, 0.05) is 95.0 Å². The highest BCUT2D eigenvalue weighted by Gasteiger charge is 2.44. The Hall–Kier alpha value is -15.4. The predicted molar refractivity (Wildman–Crippen MR) is 441 cm³/mol. The smallest absolute Gasteiger partial charge is 0.252 e.